The Kier molecular flexibility index (Phi) is 6.26. The molecule has 1 aliphatic rings. The van der Waals surface area contributed by atoms with E-state index < -0.39 is 10.0 Å². The largest absolute Gasteiger partial charge is 0.496 e. The second kappa shape index (κ2) is 7.26. The van der Waals surface area contributed by atoms with E-state index in [1.54, 1.807) is 25.3 Å². The maximum Gasteiger partial charge on any atom is 0.240 e. The van der Waals surface area contributed by atoms with Crippen LogP contribution in [-0.2, 0) is 10.0 Å². The van der Waals surface area contributed by atoms with Gasteiger partial charge in [-0.1, -0.05) is 0 Å². The third-order valence-electron chi connectivity index (χ3n) is 3.30. The minimum Gasteiger partial charge on any atom is -0.496 e. The average Bonchev–Trinajstić information content (AvgIpc) is 2.39. The lowest BCUT2D eigenvalue weighted by molar-refractivity contribution is 0.411. The molecule has 0 saturated carbocycles. The van der Waals surface area contributed by atoms with Crippen molar-refractivity contribution in [3.63, 3.8) is 0 Å². The fraction of sp³-hybridized carbons (Fsp3) is 0.538. The van der Waals surface area contributed by atoms with Crippen molar-refractivity contribution >= 4 is 22.4 Å². The van der Waals surface area contributed by atoms with Crippen molar-refractivity contribution in [3.8, 4) is 5.75 Å². The Balaban J connectivity index is 0.00000200. The SMILES string of the molecule is COc1ccc(S(=O)(=O)NC2CCCNC2)cc1C.Cl. The fourth-order valence-electron chi connectivity index (χ4n) is 2.26. The highest BCUT2D eigenvalue weighted by Gasteiger charge is 2.22. The second-order valence-corrected chi connectivity index (χ2v) is 6.51. The van der Waals surface area contributed by atoms with Gasteiger partial charge in [-0.15, -0.1) is 12.4 Å². The molecule has 0 bridgehead atoms. The van der Waals surface area contributed by atoms with Crippen LogP contribution in [0.3, 0.4) is 0 Å². The molecule has 1 heterocycles. The molecule has 0 spiro atoms. The Morgan fingerprint density at radius 1 is 1.40 bits per heavy atom. The van der Waals surface area contributed by atoms with Gasteiger partial charge in [-0.05, 0) is 50.1 Å². The molecule has 2 rings (SSSR count). The van der Waals surface area contributed by atoms with Gasteiger partial charge in [0.1, 0.15) is 5.75 Å². The summed E-state index contributed by atoms with van der Waals surface area (Å²) in [4.78, 5) is 0.288. The first-order chi connectivity index (χ1) is 9.03. The molecule has 1 aromatic carbocycles. The van der Waals surface area contributed by atoms with Crippen LogP contribution in [0.5, 0.6) is 5.75 Å². The topological polar surface area (TPSA) is 67.4 Å². The third-order valence-corrected chi connectivity index (χ3v) is 4.81. The molecule has 7 heteroatoms. The van der Waals surface area contributed by atoms with Gasteiger partial charge >= 0.3 is 0 Å². The zero-order chi connectivity index (χ0) is 13.9. The minimum atomic E-state index is -3.45. The van der Waals surface area contributed by atoms with Crippen molar-refractivity contribution < 1.29 is 13.2 Å². The summed E-state index contributed by atoms with van der Waals surface area (Å²) in [6.45, 7) is 3.48. The van der Waals surface area contributed by atoms with E-state index in [1.165, 1.54) is 0 Å². The monoisotopic (exact) mass is 320 g/mol. The summed E-state index contributed by atoms with van der Waals surface area (Å²) in [6, 6.07) is 4.87. The molecule has 1 aliphatic heterocycles. The number of methoxy groups -OCH3 is 1. The maximum absolute atomic E-state index is 12.3. The van der Waals surface area contributed by atoms with Crippen LogP contribution in [0.15, 0.2) is 23.1 Å². The standard InChI is InChI=1S/C13H20N2O3S.ClH/c1-10-8-12(5-6-13(10)18-2)19(16,17)15-11-4-3-7-14-9-11;/h5-6,8,11,14-15H,3-4,7,9H2,1-2H3;1H. The van der Waals surface area contributed by atoms with Crippen molar-refractivity contribution in [2.45, 2.75) is 30.7 Å². The van der Waals surface area contributed by atoms with E-state index in [1.807, 2.05) is 6.92 Å². The molecule has 1 aromatic rings. The highest BCUT2D eigenvalue weighted by Crippen LogP contribution is 2.21. The zero-order valence-electron chi connectivity index (χ0n) is 11.7. The van der Waals surface area contributed by atoms with Gasteiger partial charge in [0.15, 0.2) is 0 Å². The summed E-state index contributed by atoms with van der Waals surface area (Å²) in [5.74, 6) is 0.693. The summed E-state index contributed by atoms with van der Waals surface area (Å²) < 4.78 is 32.4. The van der Waals surface area contributed by atoms with Crippen LogP contribution in [0.4, 0.5) is 0 Å². The van der Waals surface area contributed by atoms with Gasteiger partial charge in [0.2, 0.25) is 10.0 Å². The molecule has 1 fully saturated rings. The number of rotatable bonds is 4. The average molecular weight is 321 g/mol. The van der Waals surface area contributed by atoms with E-state index in [2.05, 4.69) is 10.0 Å². The number of aryl methyl sites for hydroxylation is 1. The Morgan fingerprint density at radius 3 is 2.70 bits per heavy atom. The van der Waals surface area contributed by atoms with E-state index in [-0.39, 0.29) is 23.3 Å². The van der Waals surface area contributed by atoms with Crippen molar-refractivity contribution in [3.05, 3.63) is 23.8 Å². The van der Waals surface area contributed by atoms with Crippen molar-refractivity contribution in [2.75, 3.05) is 20.2 Å². The number of sulfonamides is 1. The first-order valence-electron chi connectivity index (χ1n) is 6.40. The lowest BCUT2D eigenvalue weighted by Gasteiger charge is -2.23. The summed E-state index contributed by atoms with van der Waals surface area (Å²) in [6.07, 6.45) is 1.87. The summed E-state index contributed by atoms with van der Waals surface area (Å²) in [7, 11) is -1.88. The lowest BCUT2D eigenvalue weighted by atomic mass is 10.1. The number of ether oxygens (including phenoxy) is 1. The van der Waals surface area contributed by atoms with Gasteiger partial charge in [0.05, 0.1) is 12.0 Å². The summed E-state index contributed by atoms with van der Waals surface area (Å²) >= 11 is 0. The van der Waals surface area contributed by atoms with Crippen molar-refractivity contribution in [2.24, 2.45) is 0 Å². The maximum atomic E-state index is 12.3. The van der Waals surface area contributed by atoms with Crippen molar-refractivity contribution in [1.29, 1.82) is 0 Å². The van der Waals surface area contributed by atoms with Gasteiger partial charge in [0.25, 0.3) is 0 Å². The molecule has 0 radical (unpaired) electrons. The predicted molar refractivity (Wildman–Crippen MR) is 81.2 cm³/mol. The third kappa shape index (κ3) is 4.09. The lowest BCUT2D eigenvalue weighted by Crippen LogP contribution is -2.45. The highest BCUT2D eigenvalue weighted by atomic mass is 35.5. The fourth-order valence-corrected chi connectivity index (χ4v) is 3.61. The van der Waals surface area contributed by atoms with Crippen LogP contribution < -0.4 is 14.8 Å². The van der Waals surface area contributed by atoms with Gasteiger partial charge in [-0.25, -0.2) is 13.1 Å². The molecule has 0 aromatic heterocycles. The van der Waals surface area contributed by atoms with E-state index in [0.29, 0.717) is 12.3 Å². The van der Waals surface area contributed by atoms with Crippen LogP contribution in [0.1, 0.15) is 18.4 Å². The molecular weight excluding hydrogens is 300 g/mol. The number of piperidine rings is 1. The second-order valence-electron chi connectivity index (χ2n) is 4.80. The van der Waals surface area contributed by atoms with Crippen LogP contribution >= 0.6 is 12.4 Å². The molecule has 5 nitrogen and oxygen atoms in total. The summed E-state index contributed by atoms with van der Waals surface area (Å²) in [5.41, 5.74) is 0.812. The normalized spacial score (nSPS) is 19.2. The van der Waals surface area contributed by atoms with Gasteiger partial charge < -0.3 is 10.1 Å². The van der Waals surface area contributed by atoms with Gasteiger partial charge in [-0.3, -0.25) is 0 Å². The van der Waals surface area contributed by atoms with Gasteiger partial charge in [0, 0.05) is 12.6 Å². The van der Waals surface area contributed by atoms with Crippen LogP contribution in [0.2, 0.25) is 0 Å². The quantitative estimate of drug-likeness (QED) is 0.881. The number of nitrogens with one attached hydrogen (secondary N) is 2. The van der Waals surface area contributed by atoms with Crippen molar-refractivity contribution in [1.82, 2.24) is 10.0 Å². The van der Waals surface area contributed by atoms with Gasteiger partial charge in [-0.2, -0.15) is 0 Å². The van der Waals surface area contributed by atoms with E-state index in [9.17, 15) is 8.42 Å². The number of halogens is 1. The number of hydrogen-bond acceptors (Lipinski definition) is 4. The summed E-state index contributed by atoms with van der Waals surface area (Å²) in [5, 5.41) is 3.19. The molecule has 2 N–H and O–H groups in total. The van der Waals surface area contributed by atoms with E-state index in [0.717, 1.165) is 24.9 Å². The molecule has 114 valence electrons. The Labute approximate surface area is 126 Å². The predicted octanol–water partition coefficient (Wildman–Crippen LogP) is 1.46. The zero-order valence-corrected chi connectivity index (χ0v) is 13.3. The Hall–Kier alpha value is -0.820. The van der Waals surface area contributed by atoms with Crippen LogP contribution in [-0.4, -0.2) is 34.7 Å². The minimum absolute atomic E-state index is 0. The smallest absolute Gasteiger partial charge is 0.240 e. The molecule has 0 aliphatic carbocycles. The van der Waals surface area contributed by atoms with E-state index >= 15 is 0 Å². The van der Waals surface area contributed by atoms with Crippen LogP contribution in [0, 0.1) is 6.92 Å². The molecule has 1 saturated heterocycles. The molecular formula is C13H21ClN2O3S. The number of benzene rings is 1. The number of hydrogen-bond donors (Lipinski definition) is 2. The first-order valence-corrected chi connectivity index (χ1v) is 7.89. The molecule has 1 unspecified atom stereocenters. The molecule has 20 heavy (non-hydrogen) atoms. The highest BCUT2D eigenvalue weighted by molar-refractivity contribution is 7.89. The molecule has 0 amide bonds. The Bertz CT molecular complexity index is 543. The van der Waals surface area contributed by atoms with E-state index in [4.69, 9.17) is 4.74 Å². The first kappa shape index (κ1) is 17.2. The molecule has 1 atom stereocenters. The van der Waals surface area contributed by atoms with Crippen LogP contribution in [0.25, 0.3) is 0 Å². The Morgan fingerprint density at radius 2 is 2.15 bits per heavy atom.